The molecule has 23 heavy (non-hydrogen) atoms. The lowest BCUT2D eigenvalue weighted by Crippen LogP contribution is -2.29. The third-order valence-electron chi connectivity index (χ3n) is 4.64. The van der Waals surface area contributed by atoms with Crippen molar-refractivity contribution in [1.29, 1.82) is 0 Å². The smallest absolute Gasteiger partial charge is 0.0587 e. The Balaban J connectivity index is 1.66. The molecule has 0 unspecified atom stereocenters. The molecular formula is C20H28N2O. The maximum Gasteiger partial charge on any atom is 0.0587 e. The van der Waals surface area contributed by atoms with E-state index in [9.17, 15) is 0 Å². The van der Waals surface area contributed by atoms with Crippen molar-refractivity contribution in [3.8, 4) is 0 Å². The number of benzene rings is 2. The minimum Gasteiger partial charge on any atom is -0.383 e. The number of likely N-dealkylation sites (tertiary alicyclic amines) is 1. The molecule has 0 radical (unpaired) electrons. The number of piperidine rings is 1. The van der Waals surface area contributed by atoms with Crippen LogP contribution < -0.4 is 5.32 Å². The van der Waals surface area contributed by atoms with Gasteiger partial charge in [-0.2, -0.15) is 0 Å². The Bertz CT molecular complexity index is 620. The molecule has 1 aliphatic heterocycles. The van der Waals surface area contributed by atoms with E-state index in [2.05, 4.69) is 46.6 Å². The maximum atomic E-state index is 5.07. The number of ether oxygens (including phenoxy) is 1. The molecular weight excluding hydrogens is 284 g/mol. The van der Waals surface area contributed by atoms with Crippen LogP contribution >= 0.6 is 0 Å². The molecule has 0 atom stereocenters. The van der Waals surface area contributed by atoms with Gasteiger partial charge in [0, 0.05) is 26.7 Å². The topological polar surface area (TPSA) is 24.5 Å². The van der Waals surface area contributed by atoms with Crippen molar-refractivity contribution in [3.05, 3.63) is 47.5 Å². The van der Waals surface area contributed by atoms with Crippen LogP contribution in [0.1, 0.15) is 30.4 Å². The summed E-state index contributed by atoms with van der Waals surface area (Å²) in [6.07, 6.45) is 4.10. The molecule has 3 rings (SSSR count). The van der Waals surface area contributed by atoms with E-state index < -0.39 is 0 Å². The van der Waals surface area contributed by atoms with Crippen LogP contribution in [0, 0.1) is 0 Å². The van der Waals surface area contributed by atoms with Crippen LogP contribution in [0.25, 0.3) is 10.8 Å². The Morgan fingerprint density at radius 1 is 0.957 bits per heavy atom. The van der Waals surface area contributed by atoms with Crippen molar-refractivity contribution in [2.45, 2.75) is 32.4 Å². The largest absolute Gasteiger partial charge is 0.383 e. The van der Waals surface area contributed by atoms with Gasteiger partial charge in [0.05, 0.1) is 6.61 Å². The summed E-state index contributed by atoms with van der Waals surface area (Å²) in [6.45, 7) is 6.14. The zero-order valence-electron chi connectivity index (χ0n) is 14.2. The summed E-state index contributed by atoms with van der Waals surface area (Å²) in [6, 6.07) is 13.7. The molecule has 0 saturated carbocycles. The summed E-state index contributed by atoms with van der Waals surface area (Å²) in [7, 11) is 1.74. The van der Waals surface area contributed by atoms with Crippen molar-refractivity contribution in [1.82, 2.24) is 10.2 Å². The zero-order chi connectivity index (χ0) is 15.9. The molecule has 1 fully saturated rings. The Labute approximate surface area is 139 Å². The fraction of sp³-hybridized carbons (Fsp3) is 0.500. The Hall–Kier alpha value is -1.42. The fourth-order valence-corrected chi connectivity index (χ4v) is 3.34. The second-order valence-electron chi connectivity index (χ2n) is 6.52. The number of fused-ring (bicyclic) bond motifs is 1. The van der Waals surface area contributed by atoms with Crippen molar-refractivity contribution < 1.29 is 4.74 Å². The van der Waals surface area contributed by atoms with Gasteiger partial charge in [-0.05, 0) is 60.0 Å². The lowest BCUT2D eigenvalue weighted by molar-refractivity contribution is 0.199. The maximum absolute atomic E-state index is 5.07. The van der Waals surface area contributed by atoms with Gasteiger partial charge in [-0.3, -0.25) is 4.90 Å². The van der Waals surface area contributed by atoms with E-state index >= 15 is 0 Å². The number of nitrogens with zero attached hydrogens (tertiary/aromatic N) is 1. The van der Waals surface area contributed by atoms with E-state index in [0.717, 1.165) is 26.2 Å². The molecule has 1 aliphatic rings. The molecule has 0 spiro atoms. The highest BCUT2D eigenvalue weighted by molar-refractivity contribution is 5.83. The quantitative estimate of drug-likeness (QED) is 0.791. The van der Waals surface area contributed by atoms with Crippen molar-refractivity contribution >= 4 is 10.8 Å². The van der Waals surface area contributed by atoms with E-state index in [0.29, 0.717) is 0 Å². The second kappa shape index (κ2) is 8.44. The molecule has 1 N–H and O–H groups in total. The molecule has 1 heterocycles. The molecule has 0 bridgehead atoms. The average molecular weight is 312 g/mol. The molecule has 2 aromatic carbocycles. The Morgan fingerprint density at radius 3 is 2.48 bits per heavy atom. The molecule has 2 aromatic rings. The van der Waals surface area contributed by atoms with Crippen molar-refractivity contribution in [2.24, 2.45) is 0 Å². The van der Waals surface area contributed by atoms with Gasteiger partial charge in [0.25, 0.3) is 0 Å². The van der Waals surface area contributed by atoms with Gasteiger partial charge in [-0.25, -0.2) is 0 Å². The summed E-state index contributed by atoms with van der Waals surface area (Å²) in [4.78, 5) is 2.58. The van der Waals surface area contributed by atoms with E-state index in [1.54, 1.807) is 7.11 Å². The van der Waals surface area contributed by atoms with E-state index in [1.807, 2.05) is 0 Å². The Morgan fingerprint density at radius 2 is 1.70 bits per heavy atom. The molecule has 3 nitrogen and oxygen atoms in total. The predicted octanol–water partition coefficient (Wildman–Crippen LogP) is 3.56. The molecule has 0 aliphatic carbocycles. The van der Waals surface area contributed by atoms with E-state index in [-0.39, 0.29) is 0 Å². The third kappa shape index (κ3) is 4.77. The molecule has 124 valence electrons. The van der Waals surface area contributed by atoms with Crippen LogP contribution in [0.4, 0.5) is 0 Å². The minimum atomic E-state index is 0.758. The molecule has 0 amide bonds. The number of methoxy groups -OCH3 is 1. The first-order valence-electron chi connectivity index (χ1n) is 8.79. The first kappa shape index (κ1) is 16.4. The van der Waals surface area contributed by atoms with Gasteiger partial charge < -0.3 is 10.1 Å². The summed E-state index contributed by atoms with van der Waals surface area (Å²) < 4.78 is 5.07. The highest BCUT2D eigenvalue weighted by Crippen LogP contribution is 2.20. The van der Waals surface area contributed by atoms with Crippen molar-refractivity contribution in [3.63, 3.8) is 0 Å². The van der Waals surface area contributed by atoms with Crippen LogP contribution in [-0.2, 0) is 17.8 Å². The highest BCUT2D eigenvalue weighted by atomic mass is 16.5. The first-order chi connectivity index (χ1) is 11.3. The van der Waals surface area contributed by atoms with Crippen LogP contribution in [0.3, 0.4) is 0 Å². The van der Waals surface area contributed by atoms with E-state index in [1.165, 1.54) is 54.3 Å². The average Bonchev–Trinajstić information content (AvgIpc) is 2.59. The Kier molecular flexibility index (Phi) is 6.03. The van der Waals surface area contributed by atoms with Crippen LogP contribution in [0.2, 0.25) is 0 Å². The van der Waals surface area contributed by atoms with Gasteiger partial charge in [0.2, 0.25) is 0 Å². The molecule has 0 aromatic heterocycles. The van der Waals surface area contributed by atoms with Crippen molar-refractivity contribution in [2.75, 3.05) is 33.4 Å². The van der Waals surface area contributed by atoms with Crippen LogP contribution in [-0.4, -0.2) is 38.3 Å². The number of rotatable bonds is 7. The predicted molar refractivity (Wildman–Crippen MR) is 96.7 cm³/mol. The van der Waals surface area contributed by atoms with Gasteiger partial charge in [0.15, 0.2) is 0 Å². The minimum absolute atomic E-state index is 0.758. The summed E-state index contributed by atoms with van der Waals surface area (Å²) in [5.74, 6) is 0. The van der Waals surface area contributed by atoms with Gasteiger partial charge in [0.1, 0.15) is 0 Å². The lowest BCUT2D eigenvalue weighted by atomic mass is 10.0. The third-order valence-corrected chi connectivity index (χ3v) is 4.64. The first-order valence-corrected chi connectivity index (χ1v) is 8.79. The monoisotopic (exact) mass is 312 g/mol. The molecule has 3 heteroatoms. The highest BCUT2D eigenvalue weighted by Gasteiger charge is 2.10. The summed E-state index contributed by atoms with van der Waals surface area (Å²) >= 11 is 0. The summed E-state index contributed by atoms with van der Waals surface area (Å²) in [5.41, 5.74) is 2.77. The van der Waals surface area contributed by atoms with Crippen LogP contribution in [0.15, 0.2) is 36.4 Å². The molecule has 1 saturated heterocycles. The number of hydrogen-bond acceptors (Lipinski definition) is 3. The van der Waals surface area contributed by atoms with Crippen LogP contribution in [0.5, 0.6) is 0 Å². The SMILES string of the molecule is COCCNCc1ccc2ccc(CN3CCCCC3)cc2c1. The van der Waals surface area contributed by atoms with Gasteiger partial charge >= 0.3 is 0 Å². The summed E-state index contributed by atoms with van der Waals surface area (Å²) in [5, 5.41) is 6.09. The fourth-order valence-electron chi connectivity index (χ4n) is 3.34. The number of nitrogens with one attached hydrogen (secondary N) is 1. The lowest BCUT2D eigenvalue weighted by Gasteiger charge is -2.26. The van der Waals surface area contributed by atoms with E-state index in [4.69, 9.17) is 4.74 Å². The van der Waals surface area contributed by atoms with Gasteiger partial charge in [-0.1, -0.05) is 30.7 Å². The zero-order valence-corrected chi connectivity index (χ0v) is 14.2. The normalized spacial score (nSPS) is 16.0. The van der Waals surface area contributed by atoms with Gasteiger partial charge in [-0.15, -0.1) is 0 Å². The standard InChI is InChI=1S/C20H28N2O/c1-23-12-9-21-15-17-5-7-19-8-6-18(14-20(19)13-17)16-22-10-3-2-4-11-22/h5-8,13-14,21H,2-4,9-12,15-16H2,1H3. The number of hydrogen-bond donors (Lipinski definition) is 1. The second-order valence-corrected chi connectivity index (χ2v) is 6.52.